The summed E-state index contributed by atoms with van der Waals surface area (Å²) in [5.74, 6) is 0.300. The van der Waals surface area contributed by atoms with Crippen molar-refractivity contribution in [2.45, 2.75) is 0 Å². The zero-order valence-electron chi connectivity index (χ0n) is 9.72. The van der Waals surface area contributed by atoms with Crippen LogP contribution in [0.3, 0.4) is 0 Å². The number of nitrogens with one attached hydrogen (secondary N) is 2. The number of pyridine rings is 1. The van der Waals surface area contributed by atoms with Crippen molar-refractivity contribution in [3.63, 3.8) is 0 Å². The number of hydrogen-bond acceptors (Lipinski definition) is 3. The van der Waals surface area contributed by atoms with E-state index in [1.807, 2.05) is 24.3 Å². The molecule has 3 aromatic rings. The van der Waals surface area contributed by atoms with E-state index in [-0.39, 0.29) is 5.91 Å². The van der Waals surface area contributed by atoms with Gasteiger partial charge >= 0.3 is 0 Å². The van der Waals surface area contributed by atoms with E-state index in [1.165, 1.54) is 0 Å². The number of aromatic amines is 1. The molecule has 0 atom stereocenters. The average Bonchev–Trinajstić information content (AvgIpc) is 2.82. The molecule has 1 amide bonds. The summed E-state index contributed by atoms with van der Waals surface area (Å²) in [6.07, 6.45) is 1.57. The molecule has 2 heterocycles. The summed E-state index contributed by atoms with van der Waals surface area (Å²) in [7, 11) is 0. The highest BCUT2D eigenvalue weighted by Crippen LogP contribution is 2.20. The van der Waals surface area contributed by atoms with Gasteiger partial charge in [0.2, 0.25) is 0 Å². The van der Waals surface area contributed by atoms with Crippen LogP contribution in [0.4, 0.5) is 5.82 Å². The number of benzene rings is 1. The van der Waals surface area contributed by atoms with Crippen molar-refractivity contribution in [3.8, 4) is 0 Å². The summed E-state index contributed by atoms with van der Waals surface area (Å²) in [4.78, 5) is 16.1. The first-order valence-electron chi connectivity index (χ1n) is 5.60. The molecular weight excluding hydrogens is 308 g/mol. The van der Waals surface area contributed by atoms with E-state index in [0.717, 1.165) is 10.9 Å². The second kappa shape index (κ2) is 4.81. The third-order valence-corrected chi connectivity index (χ3v) is 3.12. The highest BCUT2D eigenvalue weighted by atomic mass is 79.9. The molecule has 3 rings (SSSR count). The van der Waals surface area contributed by atoms with Gasteiger partial charge in [0.25, 0.3) is 5.91 Å². The van der Waals surface area contributed by atoms with Crippen molar-refractivity contribution >= 4 is 38.6 Å². The Labute approximate surface area is 117 Å². The minimum atomic E-state index is -0.222. The van der Waals surface area contributed by atoms with Crippen molar-refractivity contribution in [2.24, 2.45) is 0 Å². The number of fused-ring (bicyclic) bond motifs is 1. The predicted octanol–water partition coefficient (Wildman–Crippen LogP) is 2.97. The summed E-state index contributed by atoms with van der Waals surface area (Å²) >= 11 is 3.24. The molecule has 0 bridgehead atoms. The number of hydrogen-bond donors (Lipinski definition) is 2. The number of carbonyl (C=O) groups excluding carboxylic acids is 1. The fourth-order valence-corrected chi connectivity index (χ4v) is 2.15. The molecule has 0 unspecified atom stereocenters. The van der Waals surface area contributed by atoms with E-state index >= 15 is 0 Å². The van der Waals surface area contributed by atoms with Gasteiger partial charge in [0, 0.05) is 17.1 Å². The fourth-order valence-electron chi connectivity index (χ4n) is 1.78. The molecule has 0 aliphatic heterocycles. The molecule has 19 heavy (non-hydrogen) atoms. The van der Waals surface area contributed by atoms with Gasteiger partial charge in [0.05, 0.1) is 5.52 Å². The first kappa shape index (κ1) is 11.9. The maximum Gasteiger partial charge on any atom is 0.257 e. The SMILES string of the molecule is O=C(Nc1n[nH]c2ccccc12)c1ccnc(Br)c1. The lowest BCUT2D eigenvalue weighted by Gasteiger charge is -2.02. The summed E-state index contributed by atoms with van der Waals surface area (Å²) in [5.41, 5.74) is 1.41. The molecule has 2 aromatic heterocycles. The number of nitrogens with zero attached hydrogens (tertiary/aromatic N) is 2. The Morgan fingerprint density at radius 1 is 1.26 bits per heavy atom. The Hall–Kier alpha value is -2.21. The van der Waals surface area contributed by atoms with Crippen molar-refractivity contribution in [2.75, 3.05) is 5.32 Å². The third kappa shape index (κ3) is 2.34. The summed E-state index contributed by atoms with van der Waals surface area (Å²) < 4.78 is 0.618. The van der Waals surface area contributed by atoms with Crippen LogP contribution in [0.15, 0.2) is 47.2 Å². The molecule has 5 nitrogen and oxygen atoms in total. The maximum absolute atomic E-state index is 12.1. The number of H-pyrrole nitrogens is 1. The Morgan fingerprint density at radius 2 is 2.11 bits per heavy atom. The molecule has 0 saturated carbocycles. The fraction of sp³-hybridized carbons (Fsp3) is 0. The molecule has 0 aliphatic rings. The minimum Gasteiger partial charge on any atom is -0.305 e. The summed E-state index contributed by atoms with van der Waals surface area (Å²) in [6.45, 7) is 0. The van der Waals surface area contributed by atoms with Crippen LogP contribution in [0.1, 0.15) is 10.4 Å². The zero-order chi connectivity index (χ0) is 13.2. The second-order valence-corrected chi connectivity index (χ2v) is 4.75. The van der Waals surface area contributed by atoms with Crippen LogP contribution >= 0.6 is 15.9 Å². The second-order valence-electron chi connectivity index (χ2n) is 3.94. The van der Waals surface area contributed by atoms with E-state index in [2.05, 4.69) is 36.4 Å². The molecule has 0 radical (unpaired) electrons. The number of para-hydroxylation sites is 1. The standard InChI is InChI=1S/C13H9BrN4O/c14-11-7-8(5-6-15-11)13(19)16-12-9-3-1-2-4-10(9)17-18-12/h1-7H,(H2,16,17,18,19). The summed E-state index contributed by atoms with van der Waals surface area (Å²) in [6, 6.07) is 10.9. The molecule has 0 spiro atoms. The predicted molar refractivity (Wildman–Crippen MR) is 76.0 cm³/mol. The maximum atomic E-state index is 12.1. The van der Waals surface area contributed by atoms with Gasteiger partial charge in [-0.25, -0.2) is 4.98 Å². The smallest absolute Gasteiger partial charge is 0.257 e. The molecule has 0 aliphatic carbocycles. The van der Waals surface area contributed by atoms with Crippen molar-refractivity contribution in [1.82, 2.24) is 15.2 Å². The lowest BCUT2D eigenvalue weighted by molar-refractivity contribution is 0.102. The lowest BCUT2D eigenvalue weighted by atomic mass is 10.2. The lowest BCUT2D eigenvalue weighted by Crippen LogP contribution is -2.12. The number of halogens is 1. The number of anilines is 1. The molecule has 1 aromatic carbocycles. The Bertz CT molecular complexity index is 753. The van der Waals surface area contributed by atoms with E-state index < -0.39 is 0 Å². The van der Waals surface area contributed by atoms with Crippen LogP contribution in [0.5, 0.6) is 0 Å². The van der Waals surface area contributed by atoms with Gasteiger partial charge in [-0.05, 0) is 40.2 Å². The average molecular weight is 317 g/mol. The van der Waals surface area contributed by atoms with Gasteiger partial charge < -0.3 is 5.32 Å². The summed E-state index contributed by atoms with van der Waals surface area (Å²) in [5, 5.41) is 10.6. The topological polar surface area (TPSA) is 70.7 Å². The van der Waals surface area contributed by atoms with Gasteiger partial charge in [0.15, 0.2) is 5.82 Å². The zero-order valence-corrected chi connectivity index (χ0v) is 11.3. The Balaban J connectivity index is 1.91. The van der Waals surface area contributed by atoms with E-state index in [0.29, 0.717) is 16.0 Å². The quantitative estimate of drug-likeness (QED) is 0.714. The number of rotatable bonds is 2. The highest BCUT2D eigenvalue weighted by molar-refractivity contribution is 9.10. The van der Waals surface area contributed by atoms with E-state index in [1.54, 1.807) is 18.3 Å². The number of carbonyl (C=O) groups is 1. The monoisotopic (exact) mass is 316 g/mol. The highest BCUT2D eigenvalue weighted by Gasteiger charge is 2.11. The van der Waals surface area contributed by atoms with Crippen LogP contribution in [0.25, 0.3) is 10.9 Å². The van der Waals surface area contributed by atoms with Gasteiger partial charge in [-0.15, -0.1) is 0 Å². The van der Waals surface area contributed by atoms with Crippen molar-refractivity contribution < 1.29 is 4.79 Å². The number of aromatic nitrogens is 3. The van der Waals surface area contributed by atoms with Crippen LogP contribution in [0, 0.1) is 0 Å². The Kier molecular flexibility index (Phi) is 3.00. The van der Waals surface area contributed by atoms with Crippen LogP contribution in [-0.4, -0.2) is 21.1 Å². The van der Waals surface area contributed by atoms with E-state index in [9.17, 15) is 4.79 Å². The van der Waals surface area contributed by atoms with E-state index in [4.69, 9.17) is 0 Å². The third-order valence-electron chi connectivity index (χ3n) is 2.69. The molecule has 94 valence electrons. The van der Waals surface area contributed by atoms with Gasteiger partial charge in [0.1, 0.15) is 4.60 Å². The Morgan fingerprint density at radius 3 is 2.95 bits per heavy atom. The van der Waals surface area contributed by atoms with Gasteiger partial charge in [-0.1, -0.05) is 12.1 Å². The molecule has 0 saturated heterocycles. The molecule has 6 heteroatoms. The van der Waals surface area contributed by atoms with Crippen molar-refractivity contribution in [3.05, 3.63) is 52.8 Å². The first-order chi connectivity index (χ1) is 9.24. The molecule has 2 N–H and O–H groups in total. The first-order valence-corrected chi connectivity index (χ1v) is 6.39. The minimum absolute atomic E-state index is 0.222. The van der Waals surface area contributed by atoms with Crippen LogP contribution in [-0.2, 0) is 0 Å². The normalized spacial score (nSPS) is 10.6. The largest absolute Gasteiger partial charge is 0.305 e. The van der Waals surface area contributed by atoms with Crippen LogP contribution < -0.4 is 5.32 Å². The molecule has 0 fully saturated rings. The van der Waals surface area contributed by atoms with Crippen molar-refractivity contribution in [1.29, 1.82) is 0 Å². The molecular formula is C13H9BrN4O. The van der Waals surface area contributed by atoms with Crippen LogP contribution in [0.2, 0.25) is 0 Å². The van der Waals surface area contributed by atoms with Gasteiger partial charge in [-0.3, -0.25) is 9.89 Å². The van der Waals surface area contributed by atoms with Gasteiger partial charge in [-0.2, -0.15) is 5.10 Å². The number of amides is 1.